The van der Waals surface area contributed by atoms with E-state index in [4.69, 9.17) is 22.0 Å². The van der Waals surface area contributed by atoms with Crippen LogP contribution in [0.25, 0.3) is 0 Å². The van der Waals surface area contributed by atoms with Gasteiger partial charge in [0, 0.05) is 10.7 Å². The Labute approximate surface area is 203 Å². The first-order chi connectivity index (χ1) is 16.2. The van der Waals surface area contributed by atoms with Gasteiger partial charge >= 0.3 is 0 Å². The fourth-order valence-electron chi connectivity index (χ4n) is 4.11. The Hall–Kier alpha value is -3.34. The molecule has 3 nitrogen and oxygen atoms in total. The van der Waals surface area contributed by atoms with Gasteiger partial charge < -0.3 is 4.90 Å². The lowest BCUT2D eigenvalue weighted by molar-refractivity contribution is 0.775. The molecule has 5 rings (SSSR count). The normalized spacial score (nSPS) is 18.5. The summed E-state index contributed by atoms with van der Waals surface area (Å²) in [6.45, 7) is 0. The molecule has 1 N–H and O–H groups in total. The number of para-hydroxylation sites is 1. The zero-order valence-electron chi connectivity index (χ0n) is 17.8. The van der Waals surface area contributed by atoms with E-state index in [0.717, 1.165) is 28.2 Å². The quantitative estimate of drug-likeness (QED) is 0.304. The second-order valence-corrected chi connectivity index (χ2v) is 9.31. The number of halogens is 1. The summed E-state index contributed by atoms with van der Waals surface area (Å²) >= 11 is 7.70. The number of nitrogens with zero attached hydrogens (tertiary/aromatic N) is 2. The van der Waals surface area contributed by atoms with E-state index in [9.17, 15) is 0 Å². The Bertz CT molecular complexity index is 1260. The van der Waals surface area contributed by atoms with Crippen LogP contribution >= 0.6 is 23.4 Å². The molecule has 0 unspecified atom stereocenters. The van der Waals surface area contributed by atoms with Crippen LogP contribution in [0.15, 0.2) is 120 Å². The van der Waals surface area contributed by atoms with Crippen LogP contribution in [0.2, 0.25) is 5.02 Å². The van der Waals surface area contributed by atoms with E-state index in [1.165, 1.54) is 0 Å². The predicted molar refractivity (Wildman–Crippen MR) is 141 cm³/mol. The lowest BCUT2D eigenvalue weighted by Gasteiger charge is -2.29. The molecular weight excluding hydrogens is 446 g/mol. The van der Waals surface area contributed by atoms with Crippen LogP contribution in [-0.2, 0) is 0 Å². The summed E-state index contributed by atoms with van der Waals surface area (Å²) < 4.78 is 0. The number of nitrogens with one attached hydrogen (secondary N) is 1. The Kier molecular flexibility index (Phi) is 6.29. The van der Waals surface area contributed by atoms with Crippen molar-refractivity contribution in [3.05, 3.63) is 131 Å². The van der Waals surface area contributed by atoms with Gasteiger partial charge in [-0.05, 0) is 47.5 Å². The fourth-order valence-corrected chi connectivity index (χ4v) is 5.51. The molecule has 1 saturated heterocycles. The highest BCUT2D eigenvalue weighted by molar-refractivity contribution is 8.15. The Morgan fingerprint density at radius 1 is 0.758 bits per heavy atom. The molecule has 1 aliphatic heterocycles. The molecule has 0 amide bonds. The first-order valence-corrected chi connectivity index (χ1v) is 12.0. The van der Waals surface area contributed by atoms with Crippen molar-refractivity contribution in [1.29, 1.82) is 5.41 Å². The summed E-state index contributed by atoms with van der Waals surface area (Å²) in [5.41, 5.74) is 5.01. The van der Waals surface area contributed by atoms with Gasteiger partial charge in [0.05, 0.1) is 22.7 Å². The second kappa shape index (κ2) is 9.65. The van der Waals surface area contributed by atoms with E-state index in [2.05, 4.69) is 41.3 Å². The van der Waals surface area contributed by atoms with Crippen LogP contribution in [0.3, 0.4) is 0 Å². The third kappa shape index (κ3) is 4.58. The number of rotatable bonds is 5. The highest BCUT2D eigenvalue weighted by Crippen LogP contribution is 2.46. The van der Waals surface area contributed by atoms with Crippen LogP contribution in [0.4, 0.5) is 11.4 Å². The van der Waals surface area contributed by atoms with Crippen LogP contribution in [-0.4, -0.2) is 16.1 Å². The lowest BCUT2D eigenvalue weighted by Crippen LogP contribution is -2.33. The maximum Gasteiger partial charge on any atom is 0.162 e. The maximum absolute atomic E-state index is 8.94. The number of amidine groups is 1. The van der Waals surface area contributed by atoms with Crippen molar-refractivity contribution in [2.75, 3.05) is 4.90 Å². The summed E-state index contributed by atoms with van der Waals surface area (Å²) in [6.07, 6.45) is 0. The number of hydrogen-bond acceptors (Lipinski definition) is 3. The molecule has 33 heavy (non-hydrogen) atoms. The zero-order valence-corrected chi connectivity index (χ0v) is 19.4. The van der Waals surface area contributed by atoms with Gasteiger partial charge in [-0.1, -0.05) is 102 Å². The molecule has 162 valence electrons. The van der Waals surface area contributed by atoms with Gasteiger partial charge in [-0.15, -0.1) is 0 Å². The third-order valence-electron chi connectivity index (χ3n) is 5.61. The van der Waals surface area contributed by atoms with Gasteiger partial charge in [0.15, 0.2) is 5.17 Å². The summed E-state index contributed by atoms with van der Waals surface area (Å²) in [5, 5.41) is 10.0. The monoisotopic (exact) mass is 467 g/mol. The minimum atomic E-state index is -0.0902. The number of hydrogen-bond donors (Lipinski definition) is 1. The highest BCUT2D eigenvalue weighted by Gasteiger charge is 2.43. The van der Waals surface area contributed by atoms with Crippen molar-refractivity contribution < 1.29 is 0 Å². The topological polar surface area (TPSA) is 39.5 Å². The van der Waals surface area contributed by atoms with E-state index in [1.807, 2.05) is 78.9 Å². The zero-order chi connectivity index (χ0) is 22.6. The lowest BCUT2D eigenvalue weighted by atomic mass is 9.95. The van der Waals surface area contributed by atoms with Crippen LogP contribution in [0.1, 0.15) is 17.2 Å². The van der Waals surface area contributed by atoms with Gasteiger partial charge in [0.1, 0.15) is 0 Å². The molecule has 0 bridgehead atoms. The predicted octanol–water partition coefficient (Wildman–Crippen LogP) is 7.76. The van der Waals surface area contributed by atoms with E-state index >= 15 is 0 Å². The van der Waals surface area contributed by atoms with E-state index < -0.39 is 0 Å². The second-order valence-electron chi connectivity index (χ2n) is 7.74. The average Bonchev–Trinajstić information content (AvgIpc) is 3.21. The molecule has 0 radical (unpaired) electrons. The highest BCUT2D eigenvalue weighted by atomic mass is 35.5. The molecule has 4 aromatic carbocycles. The SMILES string of the molecule is N=C1S[C@@H](C(=Nc2ccccc2)c2ccccc2)[C@H](c2ccccc2)N1c1ccc(Cl)cc1. The Morgan fingerprint density at radius 3 is 1.97 bits per heavy atom. The van der Waals surface area contributed by atoms with Gasteiger partial charge in [-0.3, -0.25) is 10.4 Å². The molecule has 0 saturated carbocycles. The molecule has 1 aliphatic rings. The summed E-state index contributed by atoms with van der Waals surface area (Å²) in [7, 11) is 0. The van der Waals surface area contributed by atoms with Crippen LogP contribution in [0.5, 0.6) is 0 Å². The van der Waals surface area contributed by atoms with Gasteiger partial charge in [-0.25, -0.2) is 0 Å². The Morgan fingerprint density at radius 2 is 1.33 bits per heavy atom. The fraction of sp³-hybridized carbons (Fsp3) is 0.0714. The Balaban J connectivity index is 1.67. The maximum atomic E-state index is 8.94. The standard InChI is InChI=1S/C28H22ClN3S/c29-22-16-18-24(19-17-22)32-26(21-12-6-2-7-13-21)27(33-28(32)30)25(20-10-4-1-5-11-20)31-23-14-8-3-9-15-23/h1-19,26-27,30H/t26-,27-/m0/s1. The molecule has 1 heterocycles. The van der Waals surface area contributed by atoms with Crippen molar-refractivity contribution in [3.63, 3.8) is 0 Å². The van der Waals surface area contributed by atoms with Crippen LogP contribution in [0, 0.1) is 5.41 Å². The van der Waals surface area contributed by atoms with Crippen LogP contribution < -0.4 is 4.90 Å². The van der Waals surface area contributed by atoms with Crippen molar-refractivity contribution in [2.45, 2.75) is 11.3 Å². The molecule has 0 aromatic heterocycles. The molecule has 5 heteroatoms. The number of anilines is 1. The molecule has 4 aromatic rings. The molecule has 0 spiro atoms. The smallest absolute Gasteiger partial charge is 0.162 e. The van der Waals surface area contributed by atoms with Crippen molar-refractivity contribution in [2.24, 2.45) is 4.99 Å². The molecule has 0 aliphatic carbocycles. The molecule has 1 fully saturated rings. The number of benzene rings is 4. The summed E-state index contributed by atoms with van der Waals surface area (Å²) in [6, 6.07) is 38.3. The van der Waals surface area contributed by atoms with Gasteiger partial charge in [-0.2, -0.15) is 0 Å². The van der Waals surface area contributed by atoms with Gasteiger partial charge in [0.25, 0.3) is 0 Å². The third-order valence-corrected chi connectivity index (χ3v) is 7.02. The summed E-state index contributed by atoms with van der Waals surface area (Å²) in [5.74, 6) is 0. The van der Waals surface area contributed by atoms with Crippen molar-refractivity contribution >= 4 is 45.6 Å². The van der Waals surface area contributed by atoms with E-state index in [0.29, 0.717) is 10.2 Å². The van der Waals surface area contributed by atoms with E-state index in [-0.39, 0.29) is 11.3 Å². The first kappa shape index (κ1) is 21.5. The van der Waals surface area contributed by atoms with Crippen molar-refractivity contribution in [3.8, 4) is 0 Å². The number of aliphatic imine (C=N–C) groups is 1. The molecular formula is C28H22ClN3S. The minimum absolute atomic E-state index is 0.0711. The minimum Gasteiger partial charge on any atom is -0.312 e. The molecule has 2 atom stereocenters. The van der Waals surface area contributed by atoms with Crippen molar-refractivity contribution in [1.82, 2.24) is 0 Å². The number of thioether (sulfide) groups is 1. The first-order valence-electron chi connectivity index (χ1n) is 10.7. The summed E-state index contributed by atoms with van der Waals surface area (Å²) in [4.78, 5) is 7.20. The largest absolute Gasteiger partial charge is 0.312 e. The average molecular weight is 468 g/mol. The van der Waals surface area contributed by atoms with E-state index in [1.54, 1.807) is 11.8 Å². The van der Waals surface area contributed by atoms with Gasteiger partial charge in [0.2, 0.25) is 0 Å².